The molecule has 1 aliphatic rings. The number of pyridine rings is 2. The molecule has 6 nitrogen and oxygen atoms in total. The van der Waals surface area contributed by atoms with Gasteiger partial charge in [0.1, 0.15) is 11.6 Å². The van der Waals surface area contributed by atoms with Crippen LogP contribution in [0.4, 0.5) is 15.9 Å². The van der Waals surface area contributed by atoms with Gasteiger partial charge in [0.25, 0.3) is 0 Å². The largest absolute Gasteiger partial charge is 0.338 e. The highest BCUT2D eigenvalue weighted by Gasteiger charge is 2.17. The van der Waals surface area contributed by atoms with E-state index in [0.29, 0.717) is 23.1 Å². The van der Waals surface area contributed by atoms with Gasteiger partial charge in [-0.1, -0.05) is 0 Å². The van der Waals surface area contributed by atoms with E-state index in [9.17, 15) is 4.39 Å². The summed E-state index contributed by atoms with van der Waals surface area (Å²) in [5.41, 5.74) is 3.01. The summed E-state index contributed by atoms with van der Waals surface area (Å²) in [5, 5.41) is 8.20. The van der Waals surface area contributed by atoms with E-state index in [4.69, 9.17) is 4.98 Å². The smallest absolute Gasteiger partial charge is 0.148 e. The Kier molecular flexibility index (Phi) is 5.34. The number of hydrogen-bond acceptors (Lipinski definition) is 5. The topological polar surface area (TPSA) is 58.9 Å². The average molecular weight is 417 g/mol. The molecule has 0 radical (unpaired) electrons. The van der Waals surface area contributed by atoms with Gasteiger partial charge in [0.15, 0.2) is 0 Å². The number of rotatable bonds is 5. The molecule has 4 heterocycles. The molecule has 31 heavy (non-hydrogen) atoms. The molecule has 1 aliphatic heterocycles. The number of fused-ring (bicyclic) bond motifs is 1. The van der Waals surface area contributed by atoms with E-state index in [1.54, 1.807) is 35.4 Å². The Balaban J connectivity index is 1.34. The van der Waals surface area contributed by atoms with Crippen LogP contribution in [0.15, 0.2) is 61.1 Å². The van der Waals surface area contributed by atoms with Crippen molar-refractivity contribution in [3.63, 3.8) is 0 Å². The molecule has 1 saturated heterocycles. The van der Waals surface area contributed by atoms with Crippen molar-refractivity contribution < 1.29 is 4.39 Å². The van der Waals surface area contributed by atoms with Crippen LogP contribution in [0.3, 0.4) is 0 Å². The minimum atomic E-state index is -0.362. The van der Waals surface area contributed by atoms with Gasteiger partial charge in [-0.2, -0.15) is 5.10 Å². The number of nitrogens with one attached hydrogen (secondary N) is 1. The fraction of sp³-hybridized carbons (Fsp3) is 0.292. The summed E-state index contributed by atoms with van der Waals surface area (Å²) in [4.78, 5) is 11.7. The monoisotopic (exact) mass is 416 g/mol. The van der Waals surface area contributed by atoms with E-state index in [0.717, 1.165) is 36.1 Å². The third-order valence-electron chi connectivity index (χ3n) is 5.95. The molecule has 1 fully saturated rings. The summed E-state index contributed by atoms with van der Waals surface area (Å²) in [6.45, 7) is 2.31. The second kappa shape index (κ2) is 8.43. The molecule has 0 unspecified atom stereocenters. The predicted octanol–water partition coefficient (Wildman–Crippen LogP) is 4.58. The van der Waals surface area contributed by atoms with Crippen molar-refractivity contribution in [2.24, 2.45) is 5.92 Å². The zero-order valence-corrected chi connectivity index (χ0v) is 17.5. The lowest BCUT2D eigenvalue weighted by Gasteiger charge is -2.28. The van der Waals surface area contributed by atoms with Crippen molar-refractivity contribution in [2.45, 2.75) is 19.3 Å². The van der Waals surface area contributed by atoms with Crippen molar-refractivity contribution >= 4 is 22.4 Å². The number of anilines is 2. The first-order valence-corrected chi connectivity index (χ1v) is 10.6. The molecule has 5 rings (SSSR count). The standard InChI is InChI=1S/C24H25FN6/c1-30-11-7-17(8-12-30)13-19-4-3-18-16-26-24(15-23(18)28-19)29-22-6-5-20(14-21(22)25)31-10-2-9-27-31/h2-6,9-10,14-17H,7-8,11-13H2,1H3,(H,26,29). The number of nitrogens with zero attached hydrogens (tertiary/aromatic N) is 5. The summed E-state index contributed by atoms with van der Waals surface area (Å²) in [5.74, 6) is 0.893. The maximum Gasteiger partial charge on any atom is 0.148 e. The van der Waals surface area contributed by atoms with Gasteiger partial charge < -0.3 is 10.2 Å². The van der Waals surface area contributed by atoms with Crippen LogP contribution in [0.2, 0.25) is 0 Å². The molecule has 3 aromatic heterocycles. The van der Waals surface area contributed by atoms with E-state index >= 15 is 0 Å². The summed E-state index contributed by atoms with van der Waals surface area (Å²) in [6, 6.07) is 12.8. The van der Waals surface area contributed by atoms with Crippen LogP contribution in [-0.2, 0) is 6.42 Å². The van der Waals surface area contributed by atoms with Crippen LogP contribution in [-0.4, -0.2) is 44.8 Å². The van der Waals surface area contributed by atoms with Crippen LogP contribution in [0.1, 0.15) is 18.5 Å². The van der Waals surface area contributed by atoms with Gasteiger partial charge in [0.05, 0.1) is 16.9 Å². The van der Waals surface area contributed by atoms with Crippen molar-refractivity contribution in [1.29, 1.82) is 0 Å². The van der Waals surface area contributed by atoms with Crippen molar-refractivity contribution in [1.82, 2.24) is 24.6 Å². The zero-order chi connectivity index (χ0) is 21.2. The van der Waals surface area contributed by atoms with Gasteiger partial charge >= 0.3 is 0 Å². The Labute approximate surface area is 180 Å². The summed E-state index contributed by atoms with van der Waals surface area (Å²) in [6.07, 6.45) is 8.65. The Morgan fingerprint density at radius 1 is 1.13 bits per heavy atom. The van der Waals surface area contributed by atoms with Crippen LogP contribution in [0.25, 0.3) is 16.6 Å². The Hall–Kier alpha value is -3.32. The molecule has 1 N–H and O–H groups in total. The first-order chi connectivity index (χ1) is 15.1. The second-order valence-electron chi connectivity index (χ2n) is 8.26. The van der Waals surface area contributed by atoms with Crippen molar-refractivity contribution in [3.8, 4) is 5.69 Å². The number of halogens is 1. The maximum absolute atomic E-state index is 14.6. The van der Waals surface area contributed by atoms with Gasteiger partial charge in [-0.15, -0.1) is 0 Å². The van der Waals surface area contributed by atoms with Gasteiger partial charge in [-0.25, -0.2) is 14.1 Å². The van der Waals surface area contributed by atoms with Crippen LogP contribution < -0.4 is 5.32 Å². The van der Waals surface area contributed by atoms with E-state index in [-0.39, 0.29) is 5.82 Å². The first-order valence-electron chi connectivity index (χ1n) is 10.6. The molecule has 0 spiro atoms. The first kappa shape index (κ1) is 19.6. The molecule has 0 bridgehead atoms. The van der Waals surface area contributed by atoms with Crippen LogP contribution in [0.5, 0.6) is 0 Å². The summed E-state index contributed by atoms with van der Waals surface area (Å²) >= 11 is 0. The highest BCUT2D eigenvalue weighted by Crippen LogP contribution is 2.25. The lowest BCUT2D eigenvalue weighted by atomic mass is 9.92. The summed E-state index contributed by atoms with van der Waals surface area (Å²) < 4.78 is 16.3. The van der Waals surface area contributed by atoms with E-state index in [1.807, 2.05) is 12.1 Å². The van der Waals surface area contributed by atoms with Crippen LogP contribution in [0, 0.1) is 11.7 Å². The molecular formula is C24H25FN6. The van der Waals surface area contributed by atoms with Crippen LogP contribution >= 0.6 is 0 Å². The average Bonchev–Trinajstić information content (AvgIpc) is 3.32. The van der Waals surface area contributed by atoms with Gasteiger partial charge in [-0.3, -0.25) is 4.98 Å². The number of benzene rings is 1. The molecule has 0 atom stereocenters. The number of aromatic nitrogens is 4. The van der Waals surface area contributed by atoms with Gasteiger partial charge in [-0.05, 0) is 75.6 Å². The second-order valence-corrected chi connectivity index (χ2v) is 8.26. The third-order valence-corrected chi connectivity index (χ3v) is 5.95. The lowest BCUT2D eigenvalue weighted by molar-refractivity contribution is 0.218. The fourth-order valence-electron chi connectivity index (χ4n) is 4.11. The summed E-state index contributed by atoms with van der Waals surface area (Å²) in [7, 11) is 2.18. The molecular weight excluding hydrogens is 391 g/mol. The minimum Gasteiger partial charge on any atom is -0.338 e. The van der Waals surface area contributed by atoms with E-state index < -0.39 is 0 Å². The molecule has 4 aromatic rings. The molecule has 7 heteroatoms. The van der Waals surface area contributed by atoms with E-state index in [1.165, 1.54) is 18.9 Å². The highest BCUT2D eigenvalue weighted by molar-refractivity contribution is 5.81. The highest BCUT2D eigenvalue weighted by atomic mass is 19.1. The molecule has 0 aliphatic carbocycles. The van der Waals surface area contributed by atoms with Gasteiger partial charge in [0.2, 0.25) is 0 Å². The Bertz CT molecular complexity index is 1180. The third kappa shape index (κ3) is 4.41. The molecule has 0 amide bonds. The molecule has 1 aromatic carbocycles. The molecule has 0 saturated carbocycles. The molecule has 158 valence electrons. The Morgan fingerprint density at radius 2 is 2.00 bits per heavy atom. The van der Waals surface area contributed by atoms with Crippen molar-refractivity contribution in [2.75, 3.05) is 25.5 Å². The number of hydrogen-bond donors (Lipinski definition) is 1. The maximum atomic E-state index is 14.6. The number of piperidine rings is 1. The van der Waals surface area contributed by atoms with Gasteiger partial charge in [0, 0.05) is 41.8 Å². The predicted molar refractivity (Wildman–Crippen MR) is 120 cm³/mol. The number of likely N-dealkylation sites (tertiary alicyclic amines) is 1. The minimum absolute atomic E-state index is 0.362. The van der Waals surface area contributed by atoms with E-state index in [2.05, 4.69) is 39.5 Å². The zero-order valence-electron chi connectivity index (χ0n) is 17.5. The SMILES string of the molecule is CN1CCC(Cc2ccc3cnc(Nc4ccc(-n5cccn5)cc4F)cc3n2)CC1. The normalized spacial score (nSPS) is 15.4. The fourth-order valence-corrected chi connectivity index (χ4v) is 4.11. The quantitative estimate of drug-likeness (QED) is 0.516. The Morgan fingerprint density at radius 3 is 2.77 bits per heavy atom. The van der Waals surface area contributed by atoms with Crippen molar-refractivity contribution in [3.05, 3.63) is 72.6 Å². The lowest BCUT2D eigenvalue weighted by Crippen LogP contribution is -2.31.